The standard InChI is InChI=1S/C14H12N2O5/c1-9-3-4-10(8-15-9)14(17)21-13-7-11(16(18)19)5-6-12(13)20-2/h3-8H,1-2H3. The number of rotatable bonds is 4. The fourth-order valence-corrected chi connectivity index (χ4v) is 1.61. The Morgan fingerprint density at radius 2 is 2.00 bits per heavy atom. The van der Waals surface area contributed by atoms with Crippen molar-refractivity contribution in [2.24, 2.45) is 0 Å². The molecule has 0 bridgehead atoms. The fourth-order valence-electron chi connectivity index (χ4n) is 1.61. The summed E-state index contributed by atoms with van der Waals surface area (Å²) in [6.07, 6.45) is 1.38. The molecule has 0 amide bonds. The largest absolute Gasteiger partial charge is 0.493 e. The van der Waals surface area contributed by atoms with Gasteiger partial charge < -0.3 is 9.47 Å². The van der Waals surface area contributed by atoms with Crippen molar-refractivity contribution in [3.8, 4) is 11.5 Å². The van der Waals surface area contributed by atoms with Gasteiger partial charge in [-0.2, -0.15) is 0 Å². The maximum absolute atomic E-state index is 12.0. The topological polar surface area (TPSA) is 91.6 Å². The van der Waals surface area contributed by atoms with Gasteiger partial charge in [-0.05, 0) is 25.1 Å². The first-order chi connectivity index (χ1) is 10.0. The minimum Gasteiger partial charge on any atom is -0.493 e. The molecule has 0 fully saturated rings. The predicted octanol–water partition coefficient (Wildman–Crippen LogP) is 2.53. The number of aryl methyl sites for hydroxylation is 1. The van der Waals surface area contributed by atoms with E-state index in [0.717, 1.165) is 11.8 Å². The Hall–Kier alpha value is -2.96. The molecule has 0 N–H and O–H groups in total. The monoisotopic (exact) mass is 288 g/mol. The number of non-ortho nitro benzene ring substituents is 1. The zero-order valence-electron chi connectivity index (χ0n) is 11.4. The van der Waals surface area contributed by atoms with E-state index < -0.39 is 10.9 Å². The van der Waals surface area contributed by atoms with E-state index in [1.807, 2.05) is 0 Å². The summed E-state index contributed by atoms with van der Waals surface area (Å²) in [6, 6.07) is 7.01. The van der Waals surface area contributed by atoms with Gasteiger partial charge in [-0.15, -0.1) is 0 Å². The lowest BCUT2D eigenvalue weighted by Crippen LogP contribution is -2.10. The van der Waals surface area contributed by atoms with Gasteiger partial charge in [-0.1, -0.05) is 0 Å². The van der Waals surface area contributed by atoms with Crippen LogP contribution >= 0.6 is 0 Å². The third kappa shape index (κ3) is 3.33. The summed E-state index contributed by atoms with van der Waals surface area (Å²) in [5.41, 5.74) is 0.814. The molecule has 2 aromatic rings. The Morgan fingerprint density at radius 1 is 1.24 bits per heavy atom. The first kappa shape index (κ1) is 14.4. The van der Waals surface area contributed by atoms with Crippen molar-refractivity contribution < 1.29 is 19.2 Å². The third-order valence-electron chi connectivity index (χ3n) is 2.71. The third-order valence-corrected chi connectivity index (χ3v) is 2.71. The van der Waals surface area contributed by atoms with Crippen LogP contribution in [0, 0.1) is 17.0 Å². The summed E-state index contributed by atoms with van der Waals surface area (Å²) in [5.74, 6) is -0.451. The fraction of sp³-hybridized carbons (Fsp3) is 0.143. The molecule has 21 heavy (non-hydrogen) atoms. The van der Waals surface area contributed by atoms with E-state index in [1.165, 1.54) is 25.4 Å². The summed E-state index contributed by atoms with van der Waals surface area (Å²) >= 11 is 0. The van der Waals surface area contributed by atoms with Crippen molar-refractivity contribution >= 4 is 11.7 Å². The Balaban J connectivity index is 2.29. The van der Waals surface area contributed by atoms with E-state index in [9.17, 15) is 14.9 Å². The number of hydrogen-bond acceptors (Lipinski definition) is 6. The molecule has 0 aliphatic rings. The molecule has 108 valence electrons. The number of hydrogen-bond donors (Lipinski definition) is 0. The molecular weight excluding hydrogens is 276 g/mol. The van der Waals surface area contributed by atoms with E-state index in [-0.39, 0.29) is 22.7 Å². The van der Waals surface area contributed by atoms with Gasteiger partial charge in [0.2, 0.25) is 0 Å². The Bertz CT molecular complexity index is 682. The highest BCUT2D eigenvalue weighted by atomic mass is 16.6. The second kappa shape index (κ2) is 6.00. The molecule has 0 radical (unpaired) electrons. The quantitative estimate of drug-likeness (QED) is 0.371. The molecule has 0 aliphatic heterocycles. The Morgan fingerprint density at radius 3 is 2.57 bits per heavy atom. The average Bonchev–Trinajstić information content (AvgIpc) is 2.47. The van der Waals surface area contributed by atoms with Crippen molar-refractivity contribution in [3.63, 3.8) is 0 Å². The first-order valence-electron chi connectivity index (χ1n) is 5.98. The molecule has 1 aromatic carbocycles. The van der Waals surface area contributed by atoms with Crippen LogP contribution in [0.1, 0.15) is 16.1 Å². The lowest BCUT2D eigenvalue weighted by atomic mass is 10.2. The van der Waals surface area contributed by atoms with Crippen LogP contribution in [0.15, 0.2) is 36.5 Å². The molecule has 1 aromatic heterocycles. The molecule has 1 heterocycles. The number of carbonyl (C=O) groups is 1. The number of aromatic nitrogens is 1. The molecule has 0 spiro atoms. The minimum absolute atomic E-state index is 0.0164. The molecule has 0 atom stereocenters. The summed E-state index contributed by atoms with van der Waals surface area (Å²) in [4.78, 5) is 26.2. The molecule has 0 saturated heterocycles. The second-order valence-corrected chi connectivity index (χ2v) is 4.17. The molecular formula is C14H12N2O5. The lowest BCUT2D eigenvalue weighted by molar-refractivity contribution is -0.384. The number of methoxy groups -OCH3 is 1. The number of benzene rings is 1. The first-order valence-corrected chi connectivity index (χ1v) is 5.98. The van der Waals surface area contributed by atoms with Crippen LogP contribution in [-0.4, -0.2) is 23.0 Å². The number of carbonyl (C=O) groups excluding carboxylic acids is 1. The van der Waals surface area contributed by atoms with Gasteiger partial charge in [0.1, 0.15) is 0 Å². The molecule has 0 aliphatic carbocycles. The van der Waals surface area contributed by atoms with Crippen molar-refractivity contribution in [2.75, 3.05) is 7.11 Å². The minimum atomic E-state index is -0.665. The molecule has 7 nitrogen and oxygen atoms in total. The summed E-state index contributed by atoms with van der Waals surface area (Å²) in [7, 11) is 1.38. The van der Waals surface area contributed by atoms with E-state index >= 15 is 0 Å². The van der Waals surface area contributed by atoms with Crippen LogP contribution in [0.2, 0.25) is 0 Å². The number of esters is 1. The van der Waals surface area contributed by atoms with Crippen molar-refractivity contribution in [1.82, 2.24) is 4.98 Å². The van der Waals surface area contributed by atoms with Crippen LogP contribution < -0.4 is 9.47 Å². The van der Waals surface area contributed by atoms with E-state index in [2.05, 4.69) is 4.98 Å². The van der Waals surface area contributed by atoms with E-state index in [4.69, 9.17) is 9.47 Å². The number of nitrogens with zero attached hydrogens (tertiary/aromatic N) is 2. The SMILES string of the molecule is COc1ccc([N+](=O)[O-])cc1OC(=O)c1ccc(C)nc1. The normalized spacial score (nSPS) is 10.0. The van der Waals surface area contributed by atoms with Gasteiger partial charge in [0.25, 0.3) is 5.69 Å². The molecule has 0 saturated carbocycles. The highest BCUT2D eigenvalue weighted by Gasteiger charge is 2.16. The lowest BCUT2D eigenvalue weighted by Gasteiger charge is -2.08. The highest BCUT2D eigenvalue weighted by molar-refractivity contribution is 5.91. The van der Waals surface area contributed by atoms with Gasteiger partial charge >= 0.3 is 5.97 Å². The van der Waals surface area contributed by atoms with Crippen molar-refractivity contribution in [3.05, 3.63) is 57.9 Å². The smallest absolute Gasteiger partial charge is 0.345 e. The molecule has 2 rings (SSSR count). The Labute approximate surface area is 120 Å². The second-order valence-electron chi connectivity index (χ2n) is 4.17. The summed E-state index contributed by atoms with van der Waals surface area (Å²) < 4.78 is 10.2. The number of nitro benzene ring substituents is 1. The molecule has 0 unspecified atom stereocenters. The van der Waals surface area contributed by atoms with Gasteiger partial charge in [0.15, 0.2) is 11.5 Å². The van der Waals surface area contributed by atoms with Gasteiger partial charge in [0, 0.05) is 18.0 Å². The van der Waals surface area contributed by atoms with Gasteiger partial charge in [-0.3, -0.25) is 15.1 Å². The van der Waals surface area contributed by atoms with E-state index in [1.54, 1.807) is 19.1 Å². The van der Waals surface area contributed by atoms with Crippen LogP contribution in [-0.2, 0) is 0 Å². The van der Waals surface area contributed by atoms with Crippen LogP contribution in [0.5, 0.6) is 11.5 Å². The van der Waals surface area contributed by atoms with Crippen molar-refractivity contribution in [1.29, 1.82) is 0 Å². The van der Waals surface area contributed by atoms with E-state index in [0.29, 0.717) is 0 Å². The van der Waals surface area contributed by atoms with Crippen LogP contribution in [0.4, 0.5) is 5.69 Å². The summed E-state index contributed by atoms with van der Waals surface area (Å²) in [5, 5.41) is 10.8. The average molecular weight is 288 g/mol. The maximum atomic E-state index is 12.0. The van der Waals surface area contributed by atoms with Gasteiger partial charge in [-0.25, -0.2) is 4.79 Å². The maximum Gasteiger partial charge on any atom is 0.345 e. The Kier molecular flexibility index (Phi) is 4.13. The molecule has 7 heteroatoms. The van der Waals surface area contributed by atoms with Crippen LogP contribution in [0.25, 0.3) is 0 Å². The number of nitro groups is 1. The highest BCUT2D eigenvalue weighted by Crippen LogP contribution is 2.31. The zero-order chi connectivity index (χ0) is 15.4. The number of pyridine rings is 1. The predicted molar refractivity (Wildman–Crippen MR) is 73.6 cm³/mol. The number of ether oxygens (including phenoxy) is 2. The summed E-state index contributed by atoms with van der Waals surface area (Å²) in [6.45, 7) is 1.79. The zero-order valence-corrected chi connectivity index (χ0v) is 11.4. The van der Waals surface area contributed by atoms with Gasteiger partial charge in [0.05, 0.1) is 23.7 Å². The van der Waals surface area contributed by atoms with Crippen molar-refractivity contribution in [2.45, 2.75) is 6.92 Å². The van der Waals surface area contributed by atoms with Crippen LogP contribution in [0.3, 0.4) is 0 Å².